The molecule has 1 aliphatic rings. The first-order chi connectivity index (χ1) is 13.9. The summed E-state index contributed by atoms with van der Waals surface area (Å²) in [6.07, 6.45) is -1.14. The van der Waals surface area contributed by atoms with E-state index < -0.39 is 11.9 Å². The Bertz CT molecular complexity index is 963. The third-order valence-corrected chi connectivity index (χ3v) is 5.55. The molecule has 1 saturated heterocycles. The quantitative estimate of drug-likeness (QED) is 0.618. The molecule has 2 aromatic heterocycles. The predicted octanol–water partition coefficient (Wildman–Crippen LogP) is 4.53. The molecule has 3 heterocycles. The van der Waals surface area contributed by atoms with E-state index >= 15 is 0 Å². The highest BCUT2D eigenvalue weighted by atomic mass is 32.2. The van der Waals surface area contributed by atoms with Crippen LogP contribution in [-0.4, -0.2) is 38.1 Å². The highest BCUT2D eigenvalue weighted by Gasteiger charge is 2.33. The zero-order valence-electron chi connectivity index (χ0n) is 15.7. The Morgan fingerprint density at radius 1 is 0.862 bits per heavy atom. The van der Waals surface area contributed by atoms with E-state index in [2.05, 4.69) is 25.3 Å². The fourth-order valence-corrected chi connectivity index (χ4v) is 3.93. The van der Waals surface area contributed by atoms with Crippen molar-refractivity contribution in [2.24, 2.45) is 0 Å². The van der Waals surface area contributed by atoms with Crippen LogP contribution in [0.4, 0.5) is 19.1 Å². The maximum Gasteiger partial charge on any atom is 0.435 e. The van der Waals surface area contributed by atoms with Crippen molar-refractivity contribution in [3.8, 4) is 5.69 Å². The largest absolute Gasteiger partial charge is 0.435 e. The first-order valence-electron chi connectivity index (χ1n) is 9.28. The highest BCUT2D eigenvalue weighted by molar-refractivity contribution is 7.99. The third-order valence-electron chi connectivity index (χ3n) is 4.67. The molecule has 0 spiro atoms. The van der Waals surface area contributed by atoms with Gasteiger partial charge in [0.15, 0.2) is 5.69 Å². The van der Waals surface area contributed by atoms with Crippen LogP contribution in [0.15, 0.2) is 46.6 Å². The van der Waals surface area contributed by atoms with Crippen LogP contribution in [0.2, 0.25) is 0 Å². The summed E-state index contributed by atoms with van der Waals surface area (Å²) < 4.78 is 40.1. The average Bonchev–Trinajstić information content (AvgIpc) is 3.12. The van der Waals surface area contributed by atoms with Gasteiger partial charge in [0, 0.05) is 13.1 Å². The molecule has 0 amide bonds. The van der Waals surface area contributed by atoms with Crippen LogP contribution in [0.3, 0.4) is 0 Å². The van der Waals surface area contributed by atoms with Gasteiger partial charge in [-0.25, -0.2) is 0 Å². The van der Waals surface area contributed by atoms with Gasteiger partial charge in [-0.3, -0.25) is 4.57 Å². The molecular formula is C19H19F3N6S. The number of benzene rings is 1. The van der Waals surface area contributed by atoms with Crippen molar-refractivity contribution >= 4 is 17.7 Å². The summed E-state index contributed by atoms with van der Waals surface area (Å²) >= 11 is 1.14. The Balaban J connectivity index is 1.69. The lowest BCUT2D eigenvalue weighted by Gasteiger charge is -2.27. The normalized spacial score (nSPS) is 15.0. The van der Waals surface area contributed by atoms with Crippen LogP contribution in [0.1, 0.15) is 30.5 Å². The summed E-state index contributed by atoms with van der Waals surface area (Å²) in [4.78, 5) is 2.19. The van der Waals surface area contributed by atoms with E-state index in [0.717, 1.165) is 61.0 Å². The number of hydrogen-bond acceptors (Lipinski definition) is 6. The predicted molar refractivity (Wildman–Crippen MR) is 103 cm³/mol. The van der Waals surface area contributed by atoms with Gasteiger partial charge in [-0.2, -0.15) is 13.2 Å². The second-order valence-corrected chi connectivity index (χ2v) is 7.85. The molecule has 0 bridgehead atoms. The maximum atomic E-state index is 12.7. The molecule has 0 N–H and O–H groups in total. The van der Waals surface area contributed by atoms with Gasteiger partial charge in [0.1, 0.15) is 5.03 Å². The zero-order chi connectivity index (χ0) is 20.4. The van der Waals surface area contributed by atoms with Gasteiger partial charge in [0.25, 0.3) is 0 Å². The summed E-state index contributed by atoms with van der Waals surface area (Å²) in [5, 5.41) is 16.5. The Morgan fingerprint density at radius 2 is 1.59 bits per heavy atom. The fourth-order valence-electron chi connectivity index (χ4n) is 3.17. The number of aryl methyl sites for hydroxylation is 1. The first kappa shape index (κ1) is 19.7. The van der Waals surface area contributed by atoms with Crippen molar-refractivity contribution in [1.82, 2.24) is 25.0 Å². The molecule has 0 atom stereocenters. The SMILES string of the molecule is Cc1ccc(-n2c(Sc3ccc(C(F)(F)F)nn3)nnc2N2CCCCC2)cc1. The summed E-state index contributed by atoms with van der Waals surface area (Å²) in [6, 6.07) is 10.2. The number of halogens is 3. The molecule has 0 saturated carbocycles. The molecule has 10 heteroatoms. The molecule has 29 heavy (non-hydrogen) atoms. The van der Waals surface area contributed by atoms with Gasteiger partial charge >= 0.3 is 6.18 Å². The Kier molecular flexibility index (Phi) is 5.44. The van der Waals surface area contributed by atoms with E-state index in [4.69, 9.17) is 0 Å². The topological polar surface area (TPSA) is 59.7 Å². The van der Waals surface area contributed by atoms with E-state index in [1.54, 1.807) is 0 Å². The van der Waals surface area contributed by atoms with Crippen LogP contribution in [0.25, 0.3) is 5.69 Å². The van der Waals surface area contributed by atoms with E-state index in [-0.39, 0.29) is 0 Å². The number of alkyl halides is 3. The van der Waals surface area contributed by atoms with Gasteiger partial charge in [0.05, 0.1) is 5.69 Å². The molecule has 3 aromatic rings. The molecule has 4 rings (SSSR count). The van der Waals surface area contributed by atoms with Crippen molar-refractivity contribution in [3.05, 3.63) is 47.7 Å². The molecule has 0 radical (unpaired) electrons. The van der Waals surface area contributed by atoms with E-state index in [9.17, 15) is 13.2 Å². The van der Waals surface area contributed by atoms with Gasteiger partial charge in [-0.15, -0.1) is 20.4 Å². The van der Waals surface area contributed by atoms with Crippen LogP contribution in [0.5, 0.6) is 0 Å². The Hall–Kier alpha value is -2.62. The molecule has 1 aliphatic heterocycles. The minimum Gasteiger partial charge on any atom is -0.341 e. The average molecular weight is 420 g/mol. The molecule has 1 aromatic carbocycles. The zero-order valence-corrected chi connectivity index (χ0v) is 16.5. The molecule has 152 valence electrons. The first-order valence-corrected chi connectivity index (χ1v) is 10.1. The number of piperidine rings is 1. The lowest BCUT2D eigenvalue weighted by atomic mass is 10.1. The van der Waals surface area contributed by atoms with Crippen LogP contribution < -0.4 is 4.90 Å². The standard InChI is InChI=1S/C19H19F3N6S/c1-13-5-7-14(8-6-13)28-17(27-11-3-2-4-12-27)25-26-18(28)29-16-10-9-15(23-24-16)19(20,21)22/h5-10H,2-4,11-12H2,1H3. The number of rotatable bonds is 4. The number of nitrogens with zero attached hydrogens (tertiary/aromatic N) is 6. The molecule has 0 unspecified atom stereocenters. The molecule has 0 aliphatic carbocycles. The lowest BCUT2D eigenvalue weighted by Crippen LogP contribution is -2.31. The van der Waals surface area contributed by atoms with Crippen LogP contribution >= 0.6 is 11.8 Å². The summed E-state index contributed by atoms with van der Waals surface area (Å²) in [5.74, 6) is 0.732. The molecular weight excluding hydrogens is 401 g/mol. The highest BCUT2D eigenvalue weighted by Crippen LogP contribution is 2.33. The lowest BCUT2D eigenvalue weighted by molar-refractivity contribution is -0.141. The molecule has 6 nitrogen and oxygen atoms in total. The summed E-state index contributed by atoms with van der Waals surface area (Å²) in [7, 11) is 0. The minimum absolute atomic E-state index is 0.323. The second-order valence-electron chi connectivity index (χ2n) is 6.86. The number of hydrogen-bond donors (Lipinski definition) is 0. The van der Waals surface area contributed by atoms with Gasteiger partial charge in [0.2, 0.25) is 11.1 Å². The smallest absolute Gasteiger partial charge is 0.341 e. The Labute approximate surface area is 170 Å². The molecule has 1 fully saturated rings. The van der Waals surface area contributed by atoms with E-state index in [1.807, 2.05) is 35.8 Å². The Morgan fingerprint density at radius 3 is 2.21 bits per heavy atom. The number of aromatic nitrogens is 5. The van der Waals surface area contributed by atoms with E-state index in [0.29, 0.717) is 10.2 Å². The minimum atomic E-state index is -4.51. The monoisotopic (exact) mass is 420 g/mol. The number of anilines is 1. The third kappa shape index (κ3) is 4.36. The van der Waals surface area contributed by atoms with Crippen molar-refractivity contribution in [3.63, 3.8) is 0 Å². The summed E-state index contributed by atoms with van der Waals surface area (Å²) in [6.45, 7) is 3.80. The van der Waals surface area contributed by atoms with Gasteiger partial charge in [-0.1, -0.05) is 17.7 Å². The van der Waals surface area contributed by atoms with Crippen molar-refractivity contribution in [2.75, 3.05) is 18.0 Å². The van der Waals surface area contributed by atoms with Gasteiger partial charge in [-0.05, 0) is 62.2 Å². The van der Waals surface area contributed by atoms with Gasteiger partial charge < -0.3 is 4.90 Å². The fraction of sp³-hybridized carbons (Fsp3) is 0.368. The van der Waals surface area contributed by atoms with Crippen LogP contribution in [-0.2, 0) is 6.18 Å². The maximum absolute atomic E-state index is 12.7. The summed E-state index contributed by atoms with van der Waals surface area (Å²) in [5.41, 5.74) is 1.00. The van der Waals surface area contributed by atoms with Crippen molar-refractivity contribution < 1.29 is 13.2 Å². The van der Waals surface area contributed by atoms with E-state index in [1.165, 1.54) is 12.5 Å². The van der Waals surface area contributed by atoms with Crippen molar-refractivity contribution in [2.45, 2.75) is 42.5 Å². The second kappa shape index (κ2) is 8.02. The van der Waals surface area contributed by atoms with Crippen molar-refractivity contribution in [1.29, 1.82) is 0 Å². The van der Waals surface area contributed by atoms with Crippen LogP contribution in [0, 0.1) is 6.92 Å².